The van der Waals surface area contributed by atoms with Crippen LogP contribution >= 0.6 is 0 Å². The molecule has 0 spiro atoms. The summed E-state index contributed by atoms with van der Waals surface area (Å²) < 4.78 is 0. The maximum absolute atomic E-state index is 2.26. The highest BCUT2D eigenvalue weighted by atomic mass is 14.1. The molecule has 0 heterocycles. The van der Waals surface area contributed by atoms with E-state index >= 15 is 0 Å². The van der Waals surface area contributed by atoms with Crippen molar-refractivity contribution >= 4 is 0 Å². The normalized spacial score (nSPS) is 12.1. The molecule has 98 valence electrons. The first kappa shape index (κ1) is 12.7. The predicted molar refractivity (Wildman–Crippen MR) is 85.8 cm³/mol. The number of hydrogen-bond acceptors (Lipinski definition) is 0. The minimum Gasteiger partial charge on any atom is -0.0622 e. The molecule has 0 amide bonds. The van der Waals surface area contributed by atoms with Gasteiger partial charge in [0.2, 0.25) is 0 Å². The Hall–Kier alpha value is -2.34. The van der Waals surface area contributed by atoms with Gasteiger partial charge in [0.1, 0.15) is 0 Å². The van der Waals surface area contributed by atoms with Crippen molar-refractivity contribution in [3.05, 3.63) is 96.1 Å². The molecule has 1 atom stereocenters. The van der Waals surface area contributed by atoms with Crippen molar-refractivity contribution in [2.75, 3.05) is 0 Å². The van der Waals surface area contributed by atoms with Gasteiger partial charge in [0.15, 0.2) is 0 Å². The highest BCUT2D eigenvalue weighted by Crippen LogP contribution is 2.26. The number of benzene rings is 3. The van der Waals surface area contributed by atoms with E-state index in [1.807, 2.05) is 0 Å². The van der Waals surface area contributed by atoms with Crippen molar-refractivity contribution in [2.24, 2.45) is 0 Å². The topological polar surface area (TPSA) is 0 Å². The summed E-state index contributed by atoms with van der Waals surface area (Å²) in [6.07, 6.45) is 0. The van der Waals surface area contributed by atoms with E-state index in [1.54, 1.807) is 0 Å². The highest BCUT2D eigenvalue weighted by Gasteiger charge is 2.07. The second-order valence-corrected chi connectivity index (χ2v) is 5.12. The van der Waals surface area contributed by atoms with Crippen LogP contribution in [0.1, 0.15) is 24.0 Å². The molecular weight excluding hydrogens is 240 g/mol. The minimum atomic E-state index is 0.432. The summed E-state index contributed by atoms with van der Waals surface area (Å²) >= 11 is 0. The molecule has 0 radical (unpaired) electrons. The van der Waals surface area contributed by atoms with Gasteiger partial charge < -0.3 is 0 Å². The average Bonchev–Trinajstić information content (AvgIpc) is 2.56. The van der Waals surface area contributed by atoms with E-state index in [1.165, 1.54) is 22.3 Å². The van der Waals surface area contributed by atoms with Crippen LogP contribution in [-0.2, 0) is 0 Å². The van der Waals surface area contributed by atoms with Crippen LogP contribution in [0.25, 0.3) is 11.1 Å². The molecule has 0 aliphatic rings. The maximum atomic E-state index is 2.26. The first-order valence-corrected chi connectivity index (χ1v) is 7.05. The SMILES string of the molecule is C[C@@H](c1ccccc1)c1ccc(-c2ccccc2)cc1. The lowest BCUT2D eigenvalue weighted by Gasteiger charge is -2.13. The van der Waals surface area contributed by atoms with Gasteiger partial charge >= 0.3 is 0 Å². The van der Waals surface area contributed by atoms with Gasteiger partial charge in [0, 0.05) is 5.92 Å². The van der Waals surface area contributed by atoms with E-state index in [2.05, 4.69) is 91.9 Å². The summed E-state index contributed by atoms with van der Waals surface area (Å²) in [7, 11) is 0. The van der Waals surface area contributed by atoms with Crippen LogP contribution in [0.5, 0.6) is 0 Å². The van der Waals surface area contributed by atoms with Crippen LogP contribution in [0.4, 0.5) is 0 Å². The summed E-state index contributed by atoms with van der Waals surface area (Å²) in [5.74, 6) is 0.432. The molecule has 20 heavy (non-hydrogen) atoms. The zero-order chi connectivity index (χ0) is 13.8. The Morgan fingerprint density at radius 2 is 0.950 bits per heavy atom. The van der Waals surface area contributed by atoms with Crippen molar-refractivity contribution in [2.45, 2.75) is 12.8 Å². The molecule has 0 fully saturated rings. The van der Waals surface area contributed by atoms with Crippen LogP contribution in [0, 0.1) is 0 Å². The van der Waals surface area contributed by atoms with Gasteiger partial charge in [-0.3, -0.25) is 0 Å². The van der Waals surface area contributed by atoms with Gasteiger partial charge in [-0.15, -0.1) is 0 Å². The first-order chi connectivity index (χ1) is 9.84. The van der Waals surface area contributed by atoms with E-state index in [0.717, 1.165) is 0 Å². The second kappa shape index (κ2) is 5.75. The van der Waals surface area contributed by atoms with Crippen molar-refractivity contribution in [3.8, 4) is 11.1 Å². The molecule has 3 aromatic rings. The van der Waals surface area contributed by atoms with Crippen LogP contribution in [0.3, 0.4) is 0 Å². The van der Waals surface area contributed by atoms with Gasteiger partial charge in [-0.25, -0.2) is 0 Å². The zero-order valence-corrected chi connectivity index (χ0v) is 11.7. The predicted octanol–water partition coefficient (Wildman–Crippen LogP) is 5.51. The fourth-order valence-electron chi connectivity index (χ4n) is 2.53. The Labute approximate surface area is 120 Å². The van der Waals surface area contributed by atoms with Gasteiger partial charge in [0.25, 0.3) is 0 Å². The molecule has 0 saturated carbocycles. The fraction of sp³-hybridized carbons (Fsp3) is 0.100. The Bertz CT molecular complexity index is 651. The van der Waals surface area contributed by atoms with Crippen molar-refractivity contribution in [1.82, 2.24) is 0 Å². The van der Waals surface area contributed by atoms with Gasteiger partial charge in [-0.2, -0.15) is 0 Å². The Balaban J connectivity index is 1.87. The van der Waals surface area contributed by atoms with Crippen molar-refractivity contribution < 1.29 is 0 Å². The summed E-state index contributed by atoms with van der Waals surface area (Å²) in [5, 5.41) is 0. The van der Waals surface area contributed by atoms with E-state index in [0.29, 0.717) is 5.92 Å². The maximum Gasteiger partial charge on any atom is 0.00610 e. The molecular formula is C20H18. The van der Waals surface area contributed by atoms with Gasteiger partial charge in [-0.05, 0) is 22.3 Å². The minimum absolute atomic E-state index is 0.432. The van der Waals surface area contributed by atoms with E-state index < -0.39 is 0 Å². The number of rotatable bonds is 3. The van der Waals surface area contributed by atoms with Gasteiger partial charge in [-0.1, -0.05) is 91.9 Å². The van der Waals surface area contributed by atoms with Gasteiger partial charge in [0.05, 0.1) is 0 Å². The molecule has 0 heteroatoms. The lowest BCUT2D eigenvalue weighted by molar-refractivity contribution is 0.923. The van der Waals surface area contributed by atoms with Crippen LogP contribution in [0.15, 0.2) is 84.9 Å². The molecule has 0 bridgehead atoms. The molecule has 0 aromatic heterocycles. The molecule has 3 aromatic carbocycles. The third kappa shape index (κ3) is 2.65. The molecule has 0 aliphatic carbocycles. The van der Waals surface area contributed by atoms with E-state index in [4.69, 9.17) is 0 Å². The van der Waals surface area contributed by atoms with Crippen LogP contribution in [-0.4, -0.2) is 0 Å². The Morgan fingerprint density at radius 1 is 0.500 bits per heavy atom. The van der Waals surface area contributed by atoms with Crippen molar-refractivity contribution in [1.29, 1.82) is 0 Å². The number of hydrogen-bond donors (Lipinski definition) is 0. The van der Waals surface area contributed by atoms with Crippen molar-refractivity contribution in [3.63, 3.8) is 0 Å². The first-order valence-electron chi connectivity index (χ1n) is 7.05. The third-order valence-electron chi connectivity index (χ3n) is 3.82. The summed E-state index contributed by atoms with van der Waals surface area (Å²) in [4.78, 5) is 0. The lowest BCUT2D eigenvalue weighted by atomic mass is 9.92. The largest absolute Gasteiger partial charge is 0.0622 e. The standard InChI is InChI=1S/C20H18/c1-16(17-8-4-2-5-9-17)18-12-14-20(15-13-18)19-10-6-3-7-11-19/h2-16H,1H3/t16-/m0/s1. The highest BCUT2D eigenvalue weighted by molar-refractivity contribution is 5.63. The average molecular weight is 258 g/mol. The summed E-state index contributed by atoms with van der Waals surface area (Å²) in [6, 6.07) is 30.1. The molecule has 0 N–H and O–H groups in total. The molecule has 3 rings (SSSR count). The molecule has 0 unspecified atom stereocenters. The second-order valence-electron chi connectivity index (χ2n) is 5.12. The van der Waals surface area contributed by atoms with Crippen LogP contribution in [0.2, 0.25) is 0 Å². The zero-order valence-electron chi connectivity index (χ0n) is 11.7. The molecule has 0 saturated heterocycles. The Kier molecular flexibility index (Phi) is 3.64. The summed E-state index contributed by atoms with van der Waals surface area (Å²) in [6.45, 7) is 2.26. The lowest BCUT2D eigenvalue weighted by Crippen LogP contribution is -1.95. The monoisotopic (exact) mass is 258 g/mol. The third-order valence-corrected chi connectivity index (χ3v) is 3.82. The quantitative estimate of drug-likeness (QED) is 0.581. The summed E-state index contributed by atoms with van der Waals surface area (Å²) in [5.41, 5.74) is 5.26. The van der Waals surface area contributed by atoms with E-state index in [9.17, 15) is 0 Å². The molecule has 0 aliphatic heterocycles. The molecule has 0 nitrogen and oxygen atoms in total. The van der Waals surface area contributed by atoms with Crippen LogP contribution < -0.4 is 0 Å². The Morgan fingerprint density at radius 3 is 1.55 bits per heavy atom. The fourth-order valence-corrected chi connectivity index (χ4v) is 2.53. The smallest absolute Gasteiger partial charge is 0.00610 e. The van der Waals surface area contributed by atoms with E-state index in [-0.39, 0.29) is 0 Å².